The maximum atomic E-state index is 13.0. The van der Waals surface area contributed by atoms with E-state index in [0.717, 1.165) is 12.8 Å². The molecule has 0 radical (unpaired) electrons. The Balaban J connectivity index is 2.20. The minimum Gasteiger partial charge on any atom is -0.463 e. The van der Waals surface area contributed by atoms with Gasteiger partial charge in [0.15, 0.2) is 0 Å². The number of rotatable bonds is 9. The second-order valence-corrected chi connectivity index (χ2v) is 7.63. The van der Waals surface area contributed by atoms with Crippen LogP contribution in [0.3, 0.4) is 0 Å². The molecule has 0 atom stereocenters. The fourth-order valence-electron chi connectivity index (χ4n) is 2.55. The molecular weight excluding hydrogens is 356 g/mol. The topological polar surface area (TPSA) is 84.9 Å². The number of para-hydroxylation sites is 1. The number of nitrogens with zero attached hydrogens (tertiary/aromatic N) is 1. The van der Waals surface area contributed by atoms with Gasteiger partial charge in [0.25, 0.3) is 10.0 Å². The standard InChI is InChI=1S/C18H26N2O5S/c1-3-5-12-24-13-8-11-20-17(14-18(21)25-4-2)19-15-9-6-7-10-16(15)26(20,22)23/h6-7,9-10,14,19H,3-5,8,11-13H2,1-2H3/b17-14-. The Morgan fingerprint density at radius 2 is 1.92 bits per heavy atom. The summed E-state index contributed by atoms with van der Waals surface area (Å²) in [4.78, 5) is 12.0. The number of fused-ring (bicyclic) bond motifs is 1. The number of ether oxygens (including phenoxy) is 2. The molecule has 1 aromatic rings. The zero-order valence-corrected chi connectivity index (χ0v) is 16.0. The van der Waals surface area contributed by atoms with Crippen LogP contribution in [0.25, 0.3) is 0 Å². The van der Waals surface area contributed by atoms with Gasteiger partial charge in [0.1, 0.15) is 10.7 Å². The molecule has 0 spiro atoms. The van der Waals surface area contributed by atoms with E-state index < -0.39 is 16.0 Å². The third-order valence-electron chi connectivity index (χ3n) is 3.82. The molecule has 1 aliphatic rings. The van der Waals surface area contributed by atoms with Gasteiger partial charge in [0.05, 0.1) is 18.4 Å². The number of benzene rings is 1. The van der Waals surface area contributed by atoms with Gasteiger partial charge in [-0.3, -0.25) is 4.31 Å². The summed E-state index contributed by atoms with van der Waals surface area (Å²) in [6, 6.07) is 6.62. The minimum absolute atomic E-state index is 0.188. The molecule has 1 aliphatic heterocycles. The highest BCUT2D eigenvalue weighted by molar-refractivity contribution is 7.89. The average molecular weight is 382 g/mol. The Bertz CT molecular complexity index is 746. The second kappa shape index (κ2) is 9.59. The third kappa shape index (κ3) is 4.98. The van der Waals surface area contributed by atoms with Gasteiger partial charge < -0.3 is 14.8 Å². The van der Waals surface area contributed by atoms with Gasteiger partial charge >= 0.3 is 5.97 Å². The molecule has 0 amide bonds. The molecule has 1 heterocycles. The largest absolute Gasteiger partial charge is 0.463 e. The highest BCUT2D eigenvalue weighted by atomic mass is 32.2. The second-order valence-electron chi connectivity index (χ2n) is 5.80. The van der Waals surface area contributed by atoms with Gasteiger partial charge in [0, 0.05) is 19.8 Å². The van der Waals surface area contributed by atoms with Gasteiger partial charge in [-0.15, -0.1) is 0 Å². The molecule has 1 aromatic carbocycles. The molecule has 26 heavy (non-hydrogen) atoms. The Morgan fingerprint density at radius 1 is 1.19 bits per heavy atom. The Labute approximate surface area is 155 Å². The predicted molar refractivity (Wildman–Crippen MR) is 99.0 cm³/mol. The first kappa shape index (κ1) is 20.3. The molecule has 0 fully saturated rings. The molecule has 0 bridgehead atoms. The lowest BCUT2D eigenvalue weighted by Crippen LogP contribution is -2.39. The summed E-state index contributed by atoms with van der Waals surface area (Å²) in [5, 5.41) is 3.02. The van der Waals surface area contributed by atoms with Crippen LogP contribution in [0, 0.1) is 0 Å². The van der Waals surface area contributed by atoms with Crippen LogP contribution in [0.5, 0.6) is 0 Å². The van der Waals surface area contributed by atoms with E-state index in [1.165, 1.54) is 10.4 Å². The molecular formula is C18H26N2O5S. The van der Waals surface area contributed by atoms with Crippen LogP contribution in [-0.4, -0.2) is 45.1 Å². The first-order valence-electron chi connectivity index (χ1n) is 8.85. The predicted octanol–water partition coefficient (Wildman–Crippen LogP) is 2.71. The maximum absolute atomic E-state index is 13.0. The summed E-state index contributed by atoms with van der Waals surface area (Å²) >= 11 is 0. The van der Waals surface area contributed by atoms with Crippen LogP contribution in [-0.2, 0) is 24.3 Å². The summed E-state index contributed by atoms with van der Waals surface area (Å²) < 4.78 is 37.6. The van der Waals surface area contributed by atoms with Crippen LogP contribution in [0.2, 0.25) is 0 Å². The summed E-state index contributed by atoms with van der Waals surface area (Å²) in [5.41, 5.74) is 0.443. The Hall–Kier alpha value is -2.06. The zero-order chi connectivity index (χ0) is 19.0. The Kier molecular flexibility index (Phi) is 7.47. The quantitative estimate of drug-likeness (QED) is 0.402. The molecule has 8 heteroatoms. The zero-order valence-electron chi connectivity index (χ0n) is 15.2. The highest BCUT2D eigenvalue weighted by Gasteiger charge is 2.34. The number of carbonyl (C=O) groups is 1. The lowest BCUT2D eigenvalue weighted by atomic mass is 10.3. The maximum Gasteiger partial charge on any atom is 0.334 e. The monoisotopic (exact) mass is 382 g/mol. The fraction of sp³-hybridized carbons (Fsp3) is 0.500. The molecule has 144 valence electrons. The normalized spacial score (nSPS) is 16.8. The van der Waals surface area contributed by atoms with Crippen LogP contribution in [0.4, 0.5) is 5.69 Å². The molecule has 0 saturated carbocycles. The van der Waals surface area contributed by atoms with Gasteiger partial charge in [-0.25, -0.2) is 13.2 Å². The van der Waals surface area contributed by atoms with E-state index in [0.29, 0.717) is 25.3 Å². The number of anilines is 1. The number of esters is 1. The Morgan fingerprint density at radius 3 is 2.65 bits per heavy atom. The first-order valence-corrected chi connectivity index (χ1v) is 10.3. The summed E-state index contributed by atoms with van der Waals surface area (Å²) in [6.07, 6.45) is 3.72. The van der Waals surface area contributed by atoms with Gasteiger partial charge in [-0.05, 0) is 31.9 Å². The lowest BCUT2D eigenvalue weighted by molar-refractivity contribution is -0.137. The minimum atomic E-state index is -3.75. The van der Waals surface area contributed by atoms with E-state index in [2.05, 4.69) is 12.2 Å². The molecule has 0 saturated heterocycles. The summed E-state index contributed by atoms with van der Waals surface area (Å²) in [6.45, 7) is 5.33. The number of unbranched alkanes of at least 4 members (excludes halogenated alkanes) is 1. The van der Waals surface area contributed by atoms with Crippen molar-refractivity contribution >= 4 is 21.7 Å². The number of hydrogen-bond donors (Lipinski definition) is 1. The number of hydrogen-bond acceptors (Lipinski definition) is 6. The van der Waals surface area contributed by atoms with Crippen molar-refractivity contribution in [2.24, 2.45) is 0 Å². The number of nitrogens with one attached hydrogen (secondary N) is 1. The molecule has 1 N–H and O–H groups in total. The number of sulfonamides is 1. The fourth-order valence-corrected chi connectivity index (χ4v) is 4.16. The summed E-state index contributed by atoms with van der Waals surface area (Å²) in [7, 11) is -3.75. The van der Waals surface area contributed by atoms with Crippen molar-refractivity contribution in [2.45, 2.75) is 38.0 Å². The SMILES string of the molecule is CCCCOCCCN1/C(=C\C(=O)OCC)Nc2ccccc2S1(=O)=O. The van der Waals surface area contributed by atoms with E-state index >= 15 is 0 Å². The van der Waals surface area contributed by atoms with Crippen LogP contribution in [0.1, 0.15) is 33.1 Å². The third-order valence-corrected chi connectivity index (χ3v) is 5.69. The lowest BCUT2D eigenvalue weighted by Gasteiger charge is -2.33. The van der Waals surface area contributed by atoms with Crippen molar-refractivity contribution in [3.63, 3.8) is 0 Å². The number of carbonyl (C=O) groups excluding carboxylic acids is 1. The van der Waals surface area contributed by atoms with E-state index in [9.17, 15) is 13.2 Å². The van der Waals surface area contributed by atoms with Gasteiger partial charge in [0.2, 0.25) is 0 Å². The van der Waals surface area contributed by atoms with Gasteiger partial charge in [-0.2, -0.15) is 0 Å². The van der Waals surface area contributed by atoms with E-state index in [-0.39, 0.29) is 23.9 Å². The molecule has 0 unspecified atom stereocenters. The molecule has 0 aliphatic carbocycles. The van der Waals surface area contributed by atoms with Crippen molar-refractivity contribution in [3.8, 4) is 0 Å². The van der Waals surface area contributed by atoms with E-state index in [4.69, 9.17) is 9.47 Å². The van der Waals surface area contributed by atoms with Crippen molar-refractivity contribution in [3.05, 3.63) is 36.2 Å². The van der Waals surface area contributed by atoms with Gasteiger partial charge in [-0.1, -0.05) is 25.5 Å². The molecule has 7 nitrogen and oxygen atoms in total. The molecule has 0 aromatic heterocycles. The van der Waals surface area contributed by atoms with Crippen LogP contribution in [0.15, 0.2) is 41.1 Å². The first-order chi connectivity index (χ1) is 12.5. The van der Waals surface area contributed by atoms with Crippen LogP contribution < -0.4 is 5.32 Å². The average Bonchev–Trinajstić information content (AvgIpc) is 2.60. The smallest absolute Gasteiger partial charge is 0.334 e. The van der Waals surface area contributed by atoms with Crippen LogP contribution >= 0.6 is 0 Å². The van der Waals surface area contributed by atoms with E-state index in [1.54, 1.807) is 31.2 Å². The highest BCUT2D eigenvalue weighted by Crippen LogP contribution is 2.33. The van der Waals surface area contributed by atoms with Crippen molar-refractivity contribution < 1.29 is 22.7 Å². The van der Waals surface area contributed by atoms with Crippen molar-refractivity contribution in [1.82, 2.24) is 4.31 Å². The van der Waals surface area contributed by atoms with Crippen molar-refractivity contribution in [2.75, 3.05) is 31.7 Å². The van der Waals surface area contributed by atoms with E-state index in [1.807, 2.05) is 0 Å². The summed E-state index contributed by atoms with van der Waals surface area (Å²) in [5.74, 6) is -0.399. The molecule has 2 rings (SSSR count). The van der Waals surface area contributed by atoms with Crippen molar-refractivity contribution in [1.29, 1.82) is 0 Å².